The predicted octanol–water partition coefficient (Wildman–Crippen LogP) is 6.16. The van der Waals surface area contributed by atoms with Gasteiger partial charge in [-0.15, -0.1) is 11.3 Å². The summed E-state index contributed by atoms with van der Waals surface area (Å²) < 4.78 is 23.9. The summed E-state index contributed by atoms with van der Waals surface area (Å²) in [5.41, 5.74) is 2.58. The molecule has 9 atom stereocenters. The lowest BCUT2D eigenvalue weighted by molar-refractivity contribution is -0.310. The molecule has 2 amide bonds. The molecule has 1 aromatic rings. The number of nitrogens with one attached hydrogen (secondary N) is 1. The number of amides is 2. The Labute approximate surface area is 292 Å². The molecule has 1 aliphatic rings. The van der Waals surface area contributed by atoms with Crippen LogP contribution < -0.4 is 5.32 Å². The van der Waals surface area contributed by atoms with Crippen molar-refractivity contribution in [2.75, 3.05) is 21.3 Å². The van der Waals surface area contributed by atoms with Gasteiger partial charge in [0.15, 0.2) is 6.29 Å². The number of hydrogen-bond acceptors (Lipinski definition) is 9. The second-order valence-corrected chi connectivity index (χ2v) is 14.0. The van der Waals surface area contributed by atoms with Crippen LogP contribution in [0.1, 0.15) is 86.2 Å². The van der Waals surface area contributed by atoms with Crippen molar-refractivity contribution >= 4 is 23.2 Å². The molecule has 1 saturated heterocycles. The van der Waals surface area contributed by atoms with Gasteiger partial charge in [-0.1, -0.05) is 69.2 Å². The van der Waals surface area contributed by atoms with Gasteiger partial charge in [0.05, 0.1) is 18.2 Å². The molecule has 10 nitrogen and oxygen atoms in total. The summed E-state index contributed by atoms with van der Waals surface area (Å²) in [6, 6.07) is -0.882. The van der Waals surface area contributed by atoms with Crippen LogP contribution in [0.4, 0.5) is 0 Å². The van der Waals surface area contributed by atoms with E-state index >= 15 is 0 Å². The molecule has 1 aliphatic heterocycles. The molecule has 0 spiro atoms. The molecule has 1 aromatic heterocycles. The van der Waals surface area contributed by atoms with Crippen LogP contribution in [0.25, 0.3) is 0 Å². The molecular formula is C37H59N3O7S. The summed E-state index contributed by atoms with van der Waals surface area (Å²) in [4.78, 5) is 32.5. The Balaban J connectivity index is 2.24. The number of rotatable bonds is 17. The van der Waals surface area contributed by atoms with E-state index in [9.17, 15) is 14.7 Å². The summed E-state index contributed by atoms with van der Waals surface area (Å²) >= 11 is 1.51. The third-order valence-corrected chi connectivity index (χ3v) is 9.76. The number of nitrogens with zero attached hydrogens (tertiary/aromatic N) is 2. The molecule has 270 valence electrons. The zero-order chi connectivity index (χ0) is 36.1. The molecule has 0 aliphatic carbocycles. The Hall–Kier alpha value is -2.67. The smallest absolute Gasteiger partial charge is 0.249 e. The Morgan fingerprint density at radius 3 is 2.35 bits per heavy atom. The number of carbonyl (C=O) groups is 2. The fourth-order valence-corrected chi connectivity index (χ4v) is 6.20. The lowest BCUT2D eigenvalue weighted by Gasteiger charge is -2.43. The largest absolute Gasteiger partial charge is 0.388 e. The van der Waals surface area contributed by atoms with Crippen LogP contribution in [-0.4, -0.2) is 90.9 Å². The summed E-state index contributed by atoms with van der Waals surface area (Å²) in [5.74, 6) is -0.223. The van der Waals surface area contributed by atoms with Crippen LogP contribution in [-0.2, 0) is 28.5 Å². The minimum atomic E-state index is -0.861. The maximum Gasteiger partial charge on any atom is 0.249 e. The van der Waals surface area contributed by atoms with Gasteiger partial charge in [-0.05, 0) is 53.4 Å². The van der Waals surface area contributed by atoms with Crippen LogP contribution in [0.15, 0.2) is 58.7 Å². The van der Waals surface area contributed by atoms with Crippen molar-refractivity contribution in [3.8, 4) is 0 Å². The number of likely N-dealkylation sites (N-methyl/N-ethyl adjacent to an activating group) is 1. The van der Waals surface area contributed by atoms with E-state index in [1.54, 1.807) is 47.2 Å². The molecule has 11 heteroatoms. The average molecular weight is 690 g/mol. The average Bonchev–Trinajstić information content (AvgIpc) is 3.60. The standard InChI is InChI=1S/C37H59N3O7S/c1-13-14-23(4)15-18-30(47-37-33(45-12)32(44-11)31(41)28(9)46-37)26(7)24(5)16-17-25(6)36(43)40(10)27(8)34(42)39-29(21-22(2)3)35-38-19-20-48-35/h14-20,22,26-33,37,41H,13,21H2,1-12H3,(H,39,42)/b18-15+,23-14+,24-16+,25-17+/t26-,27-,28+,29+,30?,31+,32-,33-,37+/m1/s1. The fraction of sp³-hybridized carbons (Fsp3) is 0.649. The third kappa shape index (κ3) is 11.7. The van der Waals surface area contributed by atoms with Crippen LogP contribution in [0.5, 0.6) is 0 Å². The number of ether oxygens (including phenoxy) is 4. The van der Waals surface area contributed by atoms with Crippen molar-refractivity contribution in [1.82, 2.24) is 15.2 Å². The zero-order valence-corrected chi connectivity index (χ0v) is 31.7. The summed E-state index contributed by atoms with van der Waals surface area (Å²) in [5, 5.41) is 16.5. The number of carbonyl (C=O) groups excluding carboxylic acids is 2. The number of methoxy groups -OCH3 is 2. The van der Waals surface area contributed by atoms with E-state index in [4.69, 9.17) is 18.9 Å². The van der Waals surface area contributed by atoms with E-state index in [1.807, 2.05) is 37.5 Å². The highest BCUT2D eigenvalue weighted by Crippen LogP contribution is 2.30. The first-order chi connectivity index (χ1) is 22.7. The summed E-state index contributed by atoms with van der Waals surface area (Å²) in [6.45, 7) is 17.6. The van der Waals surface area contributed by atoms with Gasteiger partial charge >= 0.3 is 0 Å². The first-order valence-electron chi connectivity index (χ1n) is 16.9. The molecule has 48 heavy (non-hydrogen) atoms. The number of thiazole rings is 1. The van der Waals surface area contributed by atoms with Gasteiger partial charge in [0.2, 0.25) is 11.8 Å². The summed E-state index contributed by atoms with van der Waals surface area (Å²) in [6.07, 6.45) is 9.43. The van der Waals surface area contributed by atoms with E-state index in [-0.39, 0.29) is 23.8 Å². The zero-order valence-electron chi connectivity index (χ0n) is 30.9. The lowest BCUT2D eigenvalue weighted by atomic mass is 9.94. The lowest BCUT2D eigenvalue weighted by Crippen LogP contribution is -2.59. The number of aliphatic hydroxyl groups is 1. The van der Waals surface area contributed by atoms with E-state index in [0.717, 1.165) is 29.0 Å². The van der Waals surface area contributed by atoms with Crippen LogP contribution >= 0.6 is 11.3 Å². The topological polar surface area (TPSA) is 119 Å². The van der Waals surface area contributed by atoms with Gasteiger partial charge in [0.1, 0.15) is 29.4 Å². The van der Waals surface area contributed by atoms with Gasteiger partial charge in [-0.25, -0.2) is 4.98 Å². The SMILES string of the molecule is CC/C=C(C)/C=C/C(O[C@@H]1O[C@@H](C)[C@H](O)[C@@H](OC)[C@H]1OC)[C@H](C)/C(C)=C/C=C(\C)C(=O)N(C)[C@H](C)C(=O)N[C@@H](CC(C)C)c1nccs1. The van der Waals surface area contributed by atoms with E-state index in [2.05, 4.69) is 44.1 Å². The minimum absolute atomic E-state index is 0.120. The minimum Gasteiger partial charge on any atom is -0.388 e. The van der Waals surface area contributed by atoms with Gasteiger partial charge in [0.25, 0.3) is 0 Å². The molecule has 2 rings (SSSR count). The van der Waals surface area contributed by atoms with E-state index in [0.29, 0.717) is 11.5 Å². The maximum absolute atomic E-state index is 13.4. The highest BCUT2D eigenvalue weighted by molar-refractivity contribution is 7.09. The van der Waals surface area contributed by atoms with Crippen molar-refractivity contribution in [3.05, 3.63) is 63.7 Å². The molecule has 2 N–H and O–H groups in total. The molecular weight excluding hydrogens is 630 g/mol. The first kappa shape index (κ1) is 41.5. The van der Waals surface area contributed by atoms with E-state index < -0.39 is 42.9 Å². The Kier molecular flexibility index (Phi) is 17.4. The number of aliphatic hydroxyl groups excluding tert-OH is 1. The van der Waals surface area contributed by atoms with Crippen molar-refractivity contribution < 1.29 is 33.6 Å². The van der Waals surface area contributed by atoms with Crippen molar-refractivity contribution in [2.45, 2.75) is 124 Å². The highest BCUT2D eigenvalue weighted by atomic mass is 32.1. The summed E-state index contributed by atoms with van der Waals surface area (Å²) in [7, 11) is 4.73. The second kappa shape index (κ2) is 20.1. The van der Waals surface area contributed by atoms with Crippen LogP contribution in [0.2, 0.25) is 0 Å². The normalized spacial score (nSPS) is 25.2. The van der Waals surface area contributed by atoms with Crippen molar-refractivity contribution in [2.24, 2.45) is 11.8 Å². The highest BCUT2D eigenvalue weighted by Gasteiger charge is 2.46. The number of hydrogen-bond donors (Lipinski definition) is 2. The number of allylic oxidation sites excluding steroid dienone is 5. The van der Waals surface area contributed by atoms with Gasteiger partial charge in [-0.3, -0.25) is 9.59 Å². The Bertz CT molecular complexity index is 1280. The molecule has 0 aromatic carbocycles. The molecule has 0 radical (unpaired) electrons. The Morgan fingerprint density at radius 2 is 1.79 bits per heavy atom. The van der Waals surface area contributed by atoms with Crippen molar-refractivity contribution in [1.29, 1.82) is 0 Å². The maximum atomic E-state index is 13.4. The first-order valence-corrected chi connectivity index (χ1v) is 17.8. The van der Waals surface area contributed by atoms with Crippen LogP contribution in [0.3, 0.4) is 0 Å². The fourth-order valence-electron chi connectivity index (χ4n) is 5.50. The third-order valence-electron chi connectivity index (χ3n) is 8.87. The van der Waals surface area contributed by atoms with Gasteiger partial charge in [0, 0.05) is 44.3 Å². The molecule has 1 unspecified atom stereocenters. The number of aromatic nitrogens is 1. The predicted molar refractivity (Wildman–Crippen MR) is 191 cm³/mol. The molecule has 0 bridgehead atoms. The molecule has 2 heterocycles. The van der Waals surface area contributed by atoms with Crippen molar-refractivity contribution in [3.63, 3.8) is 0 Å². The monoisotopic (exact) mass is 689 g/mol. The van der Waals surface area contributed by atoms with Gasteiger partial charge in [-0.2, -0.15) is 0 Å². The van der Waals surface area contributed by atoms with Gasteiger partial charge < -0.3 is 34.3 Å². The molecule has 0 saturated carbocycles. The Morgan fingerprint density at radius 1 is 1.12 bits per heavy atom. The van der Waals surface area contributed by atoms with Crippen LogP contribution in [0, 0.1) is 11.8 Å². The quantitative estimate of drug-likeness (QED) is 0.148. The second-order valence-electron chi connectivity index (χ2n) is 13.1. The molecule has 1 fully saturated rings. The van der Waals surface area contributed by atoms with E-state index in [1.165, 1.54) is 23.3 Å².